The molecule has 0 saturated carbocycles. The van der Waals surface area contributed by atoms with Crippen LogP contribution >= 0.6 is 0 Å². The normalized spacial score (nSPS) is 11.9. The van der Waals surface area contributed by atoms with Gasteiger partial charge in [-0.15, -0.1) is 0 Å². The van der Waals surface area contributed by atoms with Crippen LogP contribution < -0.4 is 10.6 Å². The molecule has 0 bridgehead atoms. The number of benzene rings is 1. The Morgan fingerprint density at radius 1 is 1.26 bits per heavy atom. The van der Waals surface area contributed by atoms with Crippen LogP contribution in [0.4, 0.5) is 11.4 Å². The summed E-state index contributed by atoms with van der Waals surface area (Å²) in [5.41, 5.74) is 1.71. The zero-order valence-corrected chi connectivity index (χ0v) is 11.7. The molecule has 1 amide bonds. The molecule has 1 aromatic carbocycles. The van der Waals surface area contributed by atoms with Gasteiger partial charge in [-0.2, -0.15) is 0 Å². The fourth-order valence-electron chi connectivity index (χ4n) is 1.71. The van der Waals surface area contributed by atoms with Crippen molar-refractivity contribution in [3.8, 4) is 0 Å². The molecule has 2 N–H and O–H groups in total. The van der Waals surface area contributed by atoms with Crippen molar-refractivity contribution in [3.63, 3.8) is 0 Å². The molecule has 0 aliphatic rings. The first-order chi connectivity index (χ1) is 9.19. The second-order valence-electron chi connectivity index (χ2n) is 4.27. The molecule has 0 fully saturated rings. The highest BCUT2D eigenvalue weighted by atomic mass is 16.5. The van der Waals surface area contributed by atoms with Crippen LogP contribution in [0.1, 0.15) is 13.3 Å². The van der Waals surface area contributed by atoms with Crippen molar-refractivity contribution in [1.82, 2.24) is 0 Å². The van der Waals surface area contributed by atoms with Crippen molar-refractivity contribution in [2.24, 2.45) is 0 Å². The summed E-state index contributed by atoms with van der Waals surface area (Å²) >= 11 is 0. The molecule has 0 heterocycles. The molecule has 5 nitrogen and oxygen atoms in total. The van der Waals surface area contributed by atoms with Crippen LogP contribution in [0, 0.1) is 0 Å². The molecular weight excluding hydrogens is 244 g/mol. The Labute approximate surface area is 114 Å². The van der Waals surface area contributed by atoms with Crippen molar-refractivity contribution in [1.29, 1.82) is 0 Å². The molecule has 0 aliphatic carbocycles. The first-order valence-corrected chi connectivity index (χ1v) is 6.34. The number of methoxy groups -OCH3 is 2. The number of anilines is 2. The molecule has 1 rings (SSSR count). The third-order valence-electron chi connectivity index (χ3n) is 2.65. The average Bonchev–Trinajstić information content (AvgIpc) is 2.39. The molecule has 0 aliphatic heterocycles. The lowest BCUT2D eigenvalue weighted by Crippen LogP contribution is -2.24. The third kappa shape index (κ3) is 5.72. The van der Waals surface area contributed by atoms with Crippen molar-refractivity contribution < 1.29 is 14.3 Å². The topological polar surface area (TPSA) is 59.6 Å². The predicted molar refractivity (Wildman–Crippen MR) is 76.5 cm³/mol. The SMILES string of the molecule is CCC(COC)Nc1cccc(NC(=O)COC)c1. The molecule has 0 radical (unpaired) electrons. The van der Waals surface area contributed by atoms with E-state index >= 15 is 0 Å². The highest BCUT2D eigenvalue weighted by Gasteiger charge is 2.06. The Morgan fingerprint density at radius 2 is 2.00 bits per heavy atom. The van der Waals surface area contributed by atoms with Crippen LogP contribution in [-0.2, 0) is 14.3 Å². The van der Waals surface area contributed by atoms with E-state index in [1.165, 1.54) is 7.11 Å². The quantitative estimate of drug-likeness (QED) is 0.756. The summed E-state index contributed by atoms with van der Waals surface area (Å²) in [6.07, 6.45) is 0.966. The van der Waals surface area contributed by atoms with E-state index in [9.17, 15) is 4.79 Å². The average molecular weight is 266 g/mol. The van der Waals surface area contributed by atoms with Crippen molar-refractivity contribution in [2.75, 3.05) is 38.1 Å². The largest absolute Gasteiger partial charge is 0.383 e. The molecule has 0 aromatic heterocycles. The molecule has 1 atom stereocenters. The van der Waals surface area contributed by atoms with Crippen LogP contribution in [0.3, 0.4) is 0 Å². The molecule has 0 saturated heterocycles. The number of hydrogen-bond donors (Lipinski definition) is 2. The summed E-state index contributed by atoms with van der Waals surface area (Å²) in [5.74, 6) is -0.163. The summed E-state index contributed by atoms with van der Waals surface area (Å²) in [4.78, 5) is 11.4. The molecule has 19 heavy (non-hydrogen) atoms. The van der Waals surface area contributed by atoms with Gasteiger partial charge in [0.25, 0.3) is 0 Å². The summed E-state index contributed by atoms with van der Waals surface area (Å²) in [5, 5.41) is 6.14. The first-order valence-electron chi connectivity index (χ1n) is 6.34. The standard InChI is InChI=1S/C14H22N2O3/c1-4-11(9-18-2)15-12-6-5-7-13(8-12)16-14(17)10-19-3/h5-8,11,15H,4,9-10H2,1-3H3,(H,16,17). The second kappa shape index (κ2) is 8.50. The Kier molecular flexibility index (Phi) is 6.92. The van der Waals surface area contributed by atoms with Gasteiger partial charge in [-0.3, -0.25) is 4.79 Å². The van der Waals surface area contributed by atoms with Gasteiger partial charge < -0.3 is 20.1 Å². The zero-order valence-electron chi connectivity index (χ0n) is 11.7. The van der Waals surface area contributed by atoms with E-state index in [-0.39, 0.29) is 18.6 Å². The van der Waals surface area contributed by atoms with E-state index in [4.69, 9.17) is 9.47 Å². The van der Waals surface area contributed by atoms with Crippen LogP contribution in [0.5, 0.6) is 0 Å². The van der Waals surface area contributed by atoms with Crippen molar-refractivity contribution in [2.45, 2.75) is 19.4 Å². The van der Waals surface area contributed by atoms with Crippen molar-refractivity contribution >= 4 is 17.3 Å². The number of carbonyl (C=O) groups excluding carboxylic acids is 1. The van der Waals surface area contributed by atoms with Crippen LogP contribution in [-0.4, -0.2) is 39.4 Å². The summed E-state index contributed by atoms with van der Waals surface area (Å²) in [7, 11) is 3.18. The maximum atomic E-state index is 11.4. The van der Waals surface area contributed by atoms with E-state index < -0.39 is 0 Å². The molecule has 1 aromatic rings. The minimum absolute atomic E-state index is 0.0545. The van der Waals surface area contributed by atoms with Gasteiger partial charge in [-0.1, -0.05) is 13.0 Å². The molecule has 5 heteroatoms. The summed E-state index contributed by atoms with van der Waals surface area (Å²) in [6, 6.07) is 7.85. The van der Waals surface area contributed by atoms with Gasteiger partial charge in [0.2, 0.25) is 5.91 Å². The van der Waals surface area contributed by atoms with Gasteiger partial charge >= 0.3 is 0 Å². The third-order valence-corrected chi connectivity index (χ3v) is 2.65. The number of nitrogens with one attached hydrogen (secondary N) is 2. The van der Waals surface area contributed by atoms with Gasteiger partial charge in [0.05, 0.1) is 6.61 Å². The Bertz CT molecular complexity index is 396. The first kappa shape index (κ1) is 15.5. The molecule has 0 spiro atoms. The van der Waals surface area contributed by atoms with E-state index in [0.717, 1.165) is 17.8 Å². The predicted octanol–water partition coefficient (Wildman–Crippen LogP) is 2.11. The molecule has 106 valence electrons. The minimum Gasteiger partial charge on any atom is -0.383 e. The number of ether oxygens (including phenoxy) is 2. The van der Waals surface area contributed by atoms with Crippen LogP contribution in [0.15, 0.2) is 24.3 Å². The zero-order chi connectivity index (χ0) is 14.1. The van der Waals surface area contributed by atoms with Gasteiger partial charge in [0.15, 0.2) is 0 Å². The van der Waals surface area contributed by atoms with Crippen LogP contribution in [0.25, 0.3) is 0 Å². The summed E-state index contributed by atoms with van der Waals surface area (Å²) < 4.78 is 9.92. The highest BCUT2D eigenvalue weighted by Crippen LogP contribution is 2.16. The monoisotopic (exact) mass is 266 g/mol. The maximum Gasteiger partial charge on any atom is 0.250 e. The Morgan fingerprint density at radius 3 is 2.63 bits per heavy atom. The van der Waals surface area contributed by atoms with Gasteiger partial charge in [-0.25, -0.2) is 0 Å². The van der Waals surface area contributed by atoms with Gasteiger partial charge in [0, 0.05) is 31.6 Å². The lowest BCUT2D eigenvalue weighted by atomic mass is 10.2. The second-order valence-corrected chi connectivity index (χ2v) is 4.27. The van der Waals surface area contributed by atoms with E-state index in [0.29, 0.717) is 6.61 Å². The number of hydrogen-bond acceptors (Lipinski definition) is 4. The minimum atomic E-state index is -0.163. The van der Waals surface area contributed by atoms with Crippen LogP contribution in [0.2, 0.25) is 0 Å². The highest BCUT2D eigenvalue weighted by molar-refractivity contribution is 5.92. The lowest BCUT2D eigenvalue weighted by molar-refractivity contribution is -0.119. The smallest absolute Gasteiger partial charge is 0.250 e. The van der Waals surface area contributed by atoms with Gasteiger partial charge in [0.1, 0.15) is 6.61 Å². The van der Waals surface area contributed by atoms with E-state index in [2.05, 4.69) is 17.6 Å². The number of rotatable bonds is 8. The number of carbonyl (C=O) groups is 1. The van der Waals surface area contributed by atoms with Crippen molar-refractivity contribution in [3.05, 3.63) is 24.3 Å². The molecule has 1 unspecified atom stereocenters. The van der Waals surface area contributed by atoms with E-state index in [1.807, 2.05) is 24.3 Å². The lowest BCUT2D eigenvalue weighted by Gasteiger charge is -2.18. The fourth-order valence-corrected chi connectivity index (χ4v) is 1.71. The number of amides is 1. The van der Waals surface area contributed by atoms with Gasteiger partial charge in [-0.05, 0) is 24.6 Å². The Balaban J connectivity index is 2.63. The molecular formula is C14H22N2O3. The van der Waals surface area contributed by atoms with E-state index in [1.54, 1.807) is 7.11 Å². The maximum absolute atomic E-state index is 11.4. The fraction of sp³-hybridized carbons (Fsp3) is 0.500. The summed E-state index contributed by atoms with van der Waals surface area (Å²) in [6.45, 7) is 2.80. The Hall–Kier alpha value is -1.59.